The summed E-state index contributed by atoms with van der Waals surface area (Å²) in [7, 11) is 0. The first-order valence-electron chi connectivity index (χ1n) is 5.24. The van der Waals surface area contributed by atoms with E-state index in [1.54, 1.807) is 11.8 Å². The zero-order valence-electron chi connectivity index (χ0n) is 9.40. The summed E-state index contributed by atoms with van der Waals surface area (Å²) in [5.41, 5.74) is 1.95. The molecule has 0 saturated heterocycles. The van der Waals surface area contributed by atoms with Gasteiger partial charge in [0, 0.05) is 16.9 Å². The SMILES string of the molecule is CSc1ccc(-c2nc(CCO)[nH]c2Br)cc1. The number of nitrogens with one attached hydrogen (secondary N) is 1. The summed E-state index contributed by atoms with van der Waals surface area (Å²) < 4.78 is 0.859. The predicted molar refractivity (Wildman–Crippen MR) is 74.3 cm³/mol. The van der Waals surface area contributed by atoms with Crippen molar-refractivity contribution in [2.45, 2.75) is 11.3 Å². The Morgan fingerprint density at radius 2 is 2.06 bits per heavy atom. The lowest BCUT2D eigenvalue weighted by Crippen LogP contribution is -1.92. The van der Waals surface area contributed by atoms with Crippen LogP contribution in [0, 0.1) is 0 Å². The van der Waals surface area contributed by atoms with Crippen molar-refractivity contribution in [2.24, 2.45) is 0 Å². The highest BCUT2D eigenvalue weighted by molar-refractivity contribution is 9.10. The van der Waals surface area contributed by atoms with Crippen LogP contribution in [0.4, 0.5) is 0 Å². The summed E-state index contributed by atoms with van der Waals surface area (Å²) in [5, 5.41) is 8.88. The number of aliphatic hydroxyl groups excluding tert-OH is 1. The van der Waals surface area contributed by atoms with E-state index in [9.17, 15) is 0 Å². The van der Waals surface area contributed by atoms with Gasteiger partial charge in [0.15, 0.2) is 0 Å². The maximum absolute atomic E-state index is 8.88. The Labute approximate surface area is 113 Å². The van der Waals surface area contributed by atoms with Crippen LogP contribution in [0.5, 0.6) is 0 Å². The van der Waals surface area contributed by atoms with Gasteiger partial charge in [0.2, 0.25) is 0 Å². The quantitative estimate of drug-likeness (QED) is 0.853. The lowest BCUT2D eigenvalue weighted by atomic mass is 10.2. The van der Waals surface area contributed by atoms with Crippen molar-refractivity contribution in [3.8, 4) is 11.3 Å². The standard InChI is InChI=1S/C12H13BrN2OS/c1-17-9-4-2-8(3-5-9)11-12(13)15-10(14-11)6-7-16/h2-5,16H,6-7H2,1H3,(H,14,15). The second kappa shape index (κ2) is 5.71. The highest BCUT2D eigenvalue weighted by Crippen LogP contribution is 2.27. The molecule has 0 amide bonds. The van der Waals surface area contributed by atoms with Crippen molar-refractivity contribution in [2.75, 3.05) is 12.9 Å². The molecule has 3 nitrogen and oxygen atoms in total. The normalized spacial score (nSPS) is 10.8. The molecule has 0 aliphatic rings. The molecule has 1 heterocycles. The molecule has 0 aliphatic carbocycles. The molecule has 0 atom stereocenters. The van der Waals surface area contributed by atoms with Crippen molar-refractivity contribution >= 4 is 27.7 Å². The van der Waals surface area contributed by atoms with Crippen molar-refractivity contribution in [3.63, 3.8) is 0 Å². The maximum atomic E-state index is 8.88. The molecule has 17 heavy (non-hydrogen) atoms. The Hall–Kier alpha value is -0.780. The van der Waals surface area contributed by atoms with Gasteiger partial charge in [0.1, 0.15) is 16.1 Å². The van der Waals surface area contributed by atoms with E-state index in [2.05, 4.69) is 56.4 Å². The van der Waals surface area contributed by atoms with Gasteiger partial charge in [-0.2, -0.15) is 0 Å². The van der Waals surface area contributed by atoms with Crippen LogP contribution in [-0.2, 0) is 6.42 Å². The van der Waals surface area contributed by atoms with Gasteiger partial charge >= 0.3 is 0 Å². The fourth-order valence-electron chi connectivity index (χ4n) is 1.56. The first kappa shape index (κ1) is 12.7. The monoisotopic (exact) mass is 312 g/mol. The van der Waals surface area contributed by atoms with Crippen LogP contribution in [-0.4, -0.2) is 27.9 Å². The number of thioether (sulfide) groups is 1. The van der Waals surface area contributed by atoms with Crippen molar-refractivity contribution in [1.29, 1.82) is 0 Å². The number of halogens is 1. The van der Waals surface area contributed by atoms with Crippen LogP contribution in [0.1, 0.15) is 5.82 Å². The Kier molecular flexibility index (Phi) is 4.25. The third-order valence-corrected chi connectivity index (χ3v) is 3.74. The molecule has 0 fully saturated rings. The minimum Gasteiger partial charge on any atom is -0.396 e. The Morgan fingerprint density at radius 1 is 1.35 bits per heavy atom. The lowest BCUT2D eigenvalue weighted by molar-refractivity contribution is 0.297. The van der Waals surface area contributed by atoms with Crippen LogP contribution < -0.4 is 0 Å². The van der Waals surface area contributed by atoms with Gasteiger partial charge in [-0.25, -0.2) is 4.98 Å². The first-order chi connectivity index (χ1) is 8.24. The molecule has 5 heteroatoms. The second-order valence-corrected chi connectivity index (χ2v) is 5.22. The summed E-state index contributed by atoms with van der Waals surface area (Å²) in [4.78, 5) is 8.80. The minimum absolute atomic E-state index is 0.102. The van der Waals surface area contributed by atoms with E-state index in [-0.39, 0.29) is 6.61 Å². The molecule has 0 aliphatic heterocycles. The van der Waals surface area contributed by atoms with Crippen LogP contribution in [0.25, 0.3) is 11.3 Å². The molecule has 90 valence electrons. The molecule has 1 aromatic carbocycles. The molecule has 2 rings (SSSR count). The summed E-state index contributed by atoms with van der Waals surface area (Å²) in [6.45, 7) is 0.102. The van der Waals surface area contributed by atoms with E-state index in [4.69, 9.17) is 5.11 Å². The fraction of sp³-hybridized carbons (Fsp3) is 0.250. The Morgan fingerprint density at radius 3 is 2.65 bits per heavy atom. The number of hydrogen-bond acceptors (Lipinski definition) is 3. The molecule has 0 saturated carbocycles. The largest absolute Gasteiger partial charge is 0.396 e. The topological polar surface area (TPSA) is 48.9 Å². The van der Waals surface area contributed by atoms with E-state index in [1.165, 1.54) is 4.90 Å². The molecule has 2 N–H and O–H groups in total. The maximum Gasteiger partial charge on any atom is 0.110 e. The number of hydrogen-bond donors (Lipinski definition) is 2. The van der Waals surface area contributed by atoms with Gasteiger partial charge in [-0.15, -0.1) is 11.8 Å². The molecular weight excluding hydrogens is 300 g/mol. The van der Waals surface area contributed by atoms with Gasteiger partial charge < -0.3 is 10.1 Å². The number of benzene rings is 1. The smallest absolute Gasteiger partial charge is 0.110 e. The first-order valence-corrected chi connectivity index (χ1v) is 7.26. The third-order valence-electron chi connectivity index (χ3n) is 2.42. The molecule has 0 unspecified atom stereocenters. The van der Waals surface area contributed by atoms with Crippen LogP contribution in [0.15, 0.2) is 33.8 Å². The zero-order valence-corrected chi connectivity index (χ0v) is 11.8. The van der Waals surface area contributed by atoms with E-state index in [0.29, 0.717) is 6.42 Å². The van der Waals surface area contributed by atoms with Crippen molar-refractivity contribution < 1.29 is 5.11 Å². The fourth-order valence-corrected chi connectivity index (χ4v) is 2.52. The molecule has 1 aromatic heterocycles. The van der Waals surface area contributed by atoms with Gasteiger partial charge in [-0.3, -0.25) is 0 Å². The molecule has 0 bridgehead atoms. The average Bonchev–Trinajstić information content (AvgIpc) is 2.71. The highest BCUT2D eigenvalue weighted by Gasteiger charge is 2.09. The number of H-pyrrole nitrogens is 1. The molecule has 0 radical (unpaired) electrons. The van der Waals surface area contributed by atoms with E-state index >= 15 is 0 Å². The van der Waals surface area contributed by atoms with Crippen LogP contribution in [0.3, 0.4) is 0 Å². The third kappa shape index (κ3) is 2.91. The number of aliphatic hydroxyl groups is 1. The number of imidazole rings is 1. The number of nitrogens with zero attached hydrogens (tertiary/aromatic N) is 1. The second-order valence-electron chi connectivity index (χ2n) is 3.55. The summed E-state index contributed by atoms with van der Waals surface area (Å²) in [5.74, 6) is 0.795. The number of aromatic amines is 1. The van der Waals surface area contributed by atoms with Gasteiger partial charge in [-0.05, 0) is 34.3 Å². The van der Waals surface area contributed by atoms with Crippen molar-refractivity contribution in [1.82, 2.24) is 9.97 Å². The van der Waals surface area contributed by atoms with E-state index < -0.39 is 0 Å². The van der Waals surface area contributed by atoms with Gasteiger partial charge in [0.25, 0.3) is 0 Å². The summed E-state index contributed by atoms with van der Waals surface area (Å²) >= 11 is 5.17. The van der Waals surface area contributed by atoms with Gasteiger partial charge in [-0.1, -0.05) is 12.1 Å². The molecular formula is C12H13BrN2OS. The molecule has 0 spiro atoms. The number of rotatable bonds is 4. The zero-order chi connectivity index (χ0) is 12.3. The van der Waals surface area contributed by atoms with E-state index in [0.717, 1.165) is 21.7 Å². The Balaban J connectivity index is 2.31. The average molecular weight is 313 g/mol. The lowest BCUT2D eigenvalue weighted by Gasteiger charge is -1.99. The van der Waals surface area contributed by atoms with Gasteiger partial charge in [0.05, 0.1) is 6.61 Å². The Bertz CT molecular complexity index is 496. The summed E-state index contributed by atoms with van der Waals surface area (Å²) in [6, 6.07) is 8.25. The van der Waals surface area contributed by atoms with Crippen molar-refractivity contribution in [3.05, 3.63) is 34.7 Å². The number of aromatic nitrogens is 2. The predicted octanol–water partition coefficient (Wildman–Crippen LogP) is 3.10. The van der Waals surface area contributed by atoms with E-state index in [1.807, 2.05) is 0 Å². The highest BCUT2D eigenvalue weighted by atomic mass is 79.9. The minimum atomic E-state index is 0.102. The van der Waals surface area contributed by atoms with Crippen LogP contribution >= 0.6 is 27.7 Å². The summed E-state index contributed by atoms with van der Waals surface area (Å²) in [6.07, 6.45) is 2.60. The molecule has 2 aromatic rings. The van der Waals surface area contributed by atoms with Crippen LogP contribution in [0.2, 0.25) is 0 Å².